The van der Waals surface area contributed by atoms with E-state index in [1.54, 1.807) is 5.57 Å². The van der Waals surface area contributed by atoms with E-state index in [1.165, 1.54) is 30.4 Å². The molecule has 0 saturated carbocycles. The Morgan fingerprint density at radius 3 is 2.38 bits per heavy atom. The van der Waals surface area contributed by atoms with Crippen molar-refractivity contribution in [1.82, 2.24) is 0 Å². The molecule has 0 amide bonds. The summed E-state index contributed by atoms with van der Waals surface area (Å²) in [6, 6.07) is 0. The molecule has 29 heavy (non-hydrogen) atoms. The second-order valence-corrected chi connectivity index (χ2v) is 7.78. The molecule has 0 spiro atoms. The van der Waals surface area contributed by atoms with Crippen LogP contribution in [0.25, 0.3) is 0 Å². The average molecular weight is 400 g/mol. The Labute approximate surface area is 181 Å². The Bertz CT molecular complexity index is 590. The average Bonchev–Trinajstić information content (AvgIpc) is 2.73. The van der Waals surface area contributed by atoms with Crippen LogP contribution >= 0.6 is 0 Å². The SMILES string of the molecule is C/C=C(\N=C/CCC=O)C(/CCC/C=C(\C)[C@H](C/C=C/CC)CCC)=C(/C)CC. The van der Waals surface area contributed by atoms with Crippen LogP contribution in [-0.4, -0.2) is 12.5 Å². The van der Waals surface area contributed by atoms with Crippen LogP contribution in [0.1, 0.15) is 106 Å². The van der Waals surface area contributed by atoms with Crippen LogP contribution in [0.3, 0.4) is 0 Å². The molecule has 0 saturated heterocycles. The van der Waals surface area contributed by atoms with Crippen LogP contribution in [-0.2, 0) is 4.79 Å². The van der Waals surface area contributed by atoms with Gasteiger partial charge in [-0.3, -0.25) is 4.99 Å². The van der Waals surface area contributed by atoms with E-state index in [9.17, 15) is 4.79 Å². The molecule has 0 unspecified atom stereocenters. The maximum absolute atomic E-state index is 10.5. The van der Waals surface area contributed by atoms with Crippen molar-refractivity contribution in [3.8, 4) is 0 Å². The normalized spacial score (nSPS) is 15.2. The Hall–Kier alpha value is -1.70. The summed E-state index contributed by atoms with van der Waals surface area (Å²) in [5.74, 6) is 0.684. The molecule has 0 aliphatic heterocycles. The fraction of sp³-hybridized carbons (Fsp3) is 0.630. The lowest BCUT2D eigenvalue weighted by molar-refractivity contribution is -0.107. The number of unbranched alkanes of at least 4 members (excludes halogenated alkanes) is 2. The van der Waals surface area contributed by atoms with E-state index >= 15 is 0 Å². The van der Waals surface area contributed by atoms with Gasteiger partial charge in [0.1, 0.15) is 6.29 Å². The Kier molecular flexibility index (Phi) is 17.3. The van der Waals surface area contributed by atoms with Gasteiger partial charge in [0.2, 0.25) is 0 Å². The summed E-state index contributed by atoms with van der Waals surface area (Å²) in [6.45, 7) is 13.3. The standard InChI is InChI=1S/C27H45NO/c1-7-11-12-19-25(17-8-2)24(6)18-13-14-20-26(23(5)9-3)27(10-4)28-21-15-16-22-29/h10-12,18,21-22,25H,7-9,13-17,19-20H2,1-6H3/b12-11+,24-18+,26-23-,27-10-,28-21-/t25-/m0/s1. The van der Waals surface area contributed by atoms with Crippen molar-refractivity contribution in [1.29, 1.82) is 0 Å². The van der Waals surface area contributed by atoms with Crippen LogP contribution in [0, 0.1) is 5.92 Å². The minimum absolute atomic E-state index is 0.544. The topological polar surface area (TPSA) is 29.4 Å². The molecule has 0 rings (SSSR count). The second kappa shape index (κ2) is 18.3. The zero-order valence-electron chi connectivity index (χ0n) is 20.0. The molecule has 1 atom stereocenters. The first kappa shape index (κ1) is 27.3. The molecule has 2 heteroatoms. The molecule has 0 N–H and O–H groups in total. The lowest BCUT2D eigenvalue weighted by Gasteiger charge is -2.16. The fourth-order valence-electron chi connectivity index (χ4n) is 3.49. The van der Waals surface area contributed by atoms with Gasteiger partial charge in [0, 0.05) is 12.6 Å². The van der Waals surface area contributed by atoms with Crippen molar-refractivity contribution < 1.29 is 4.79 Å². The first-order chi connectivity index (χ1) is 14.0. The highest BCUT2D eigenvalue weighted by molar-refractivity contribution is 5.65. The number of aldehydes is 1. The van der Waals surface area contributed by atoms with Gasteiger partial charge < -0.3 is 4.79 Å². The van der Waals surface area contributed by atoms with E-state index in [0.29, 0.717) is 18.8 Å². The number of hydrogen-bond acceptors (Lipinski definition) is 2. The second-order valence-electron chi connectivity index (χ2n) is 7.78. The van der Waals surface area contributed by atoms with Crippen LogP contribution in [0.15, 0.2) is 51.7 Å². The molecule has 0 aliphatic rings. The molecule has 164 valence electrons. The molecular formula is C27H45NO. The number of carbonyl (C=O) groups is 1. The third-order valence-corrected chi connectivity index (χ3v) is 5.47. The van der Waals surface area contributed by atoms with E-state index in [1.807, 2.05) is 6.21 Å². The molecule has 0 bridgehead atoms. The van der Waals surface area contributed by atoms with Crippen molar-refractivity contribution >= 4 is 12.5 Å². The van der Waals surface area contributed by atoms with E-state index < -0.39 is 0 Å². The van der Waals surface area contributed by atoms with Crippen molar-refractivity contribution in [3.05, 3.63) is 46.7 Å². The first-order valence-corrected chi connectivity index (χ1v) is 11.7. The van der Waals surface area contributed by atoms with Crippen LogP contribution in [0.2, 0.25) is 0 Å². The van der Waals surface area contributed by atoms with Gasteiger partial charge in [-0.1, -0.05) is 62.6 Å². The summed E-state index contributed by atoms with van der Waals surface area (Å²) in [5, 5.41) is 0. The maximum atomic E-state index is 10.5. The predicted octanol–water partition coefficient (Wildman–Crippen LogP) is 8.56. The largest absolute Gasteiger partial charge is 0.303 e. The van der Waals surface area contributed by atoms with Gasteiger partial charge in [-0.15, -0.1) is 0 Å². The molecular weight excluding hydrogens is 354 g/mol. The molecule has 0 aromatic carbocycles. The number of aliphatic imine (C=N–C) groups is 1. The zero-order valence-corrected chi connectivity index (χ0v) is 20.0. The quantitative estimate of drug-likeness (QED) is 0.0840. The number of rotatable bonds is 16. The highest BCUT2D eigenvalue weighted by Gasteiger charge is 2.09. The fourth-order valence-corrected chi connectivity index (χ4v) is 3.49. The summed E-state index contributed by atoms with van der Waals surface area (Å²) < 4.78 is 0. The van der Waals surface area contributed by atoms with Gasteiger partial charge in [0.15, 0.2) is 0 Å². The van der Waals surface area contributed by atoms with Crippen molar-refractivity contribution in [3.63, 3.8) is 0 Å². The first-order valence-electron chi connectivity index (χ1n) is 11.7. The third kappa shape index (κ3) is 12.5. The van der Waals surface area contributed by atoms with Gasteiger partial charge in [-0.05, 0) is 83.6 Å². The lowest BCUT2D eigenvalue weighted by Crippen LogP contribution is -2.01. The molecule has 0 aliphatic carbocycles. The Morgan fingerprint density at radius 1 is 1.03 bits per heavy atom. The lowest BCUT2D eigenvalue weighted by atomic mass is 9.90. The summed E-state index contributed by atoms with van der Waals surface area (Å²) >= 11 is 0. The highest BCUT2D eigenvalue weighted by Crippen LogP contribution is 2.26. The molecule has 0 aromatic rings. The van der Waals surface area contributed by atoms with Gasteiger partial charge in [0.25, 0.3) is 0 Å². The van der Waals surface area contributed by atoms with Gasteiger partial charge >= 0.3 is 0 Å². The Balaban J connectivity index is 4.97. The van der Waals surface area contributed by atoms with Gasteiger partial charge in [-0.25, -0.2) is 0 Å². The summed E-state index contributed by atoms with van der Waals surface area (Å²) in [7, 11) is 0. The van der Waals surface area contributed by atoms with Crippen LogP contribution < -0.4 is 0 Å². The number of nitrogens with zero attached hydrogens (tertiary/aromatic N) is 1. The summed E-state index contributed by atoms with van der Waals surface area (Å²) in [5.41, 5.74) is 5.41. The summed E-state index contributed by atoms with van der Waals surface area (Å²) in [6.07, 6.45) is 22.5. The smallest absolute Gasteiger partial charge is 0.120 e. The van der Waals surface area contributed by atoms with Crippen molar-refractivity contribution in [2.75, 3.05) is 0 Å². The van der Waals surface area contributed by atoms with Crippen LogP contribution in [0.4, 0.5) is 0 Å². The number of hydrogen-bond donors (Lipinski definition) is 0. The third-order valence-electron chi connectivity index (χ3n) is 5.47. The summed E-state index contributed by atoms with van der Waals surface area (Å²) in [4.78, 5) is 15.2. The molecule has 2 nitrogen and oxygen atoms in total. The van der Waals surface area contributed by atoms with Crippen LogP contribution in [0.5, 0.6) is 0 Å². The highest BCUT2D eigenvalue weighted by atomic mass is 16.1. The van der Waals surface area contributed by atoms with Gasteiger partial charge in [0.05, 0.1) is 5.70 Å². The maximum Gasteiger partial charge on any atom is 0.120 e. The monoisotopic (exact) mass is 399 g/mol. The molecule has 0 radical (unpaired) electrons. The van der Waals surface area contributed by atoms with Crippen molar-refractivity contribution in [2.24, 2.45) is 10.9 Å². The van der Waals surface area contributed by atoms with Crippen molar-refractivity contribution in [2.45, 2.75) is 106 Å². The molecule has 0 fully saturated rings. The zero-order chi connectivity index (χ0) is 21.9. The minimum atomic E-state index is 0.544. The minimum Gasteiger partial charge on any atom is -0.303 e. The van der Waals surface area contributed by atoms with E-state index in [-0.39, 0.29) is 0 Å². The van der Waals surface area contributed by atoms with E-state index in [4.69, 9.17) is 0 Å². The number of carbonyl (C=O) groups excluding carboxylic acids is 1. The predicted molar refractivity (Wildman–Crippen MR) is 131 cm³/mol. The van der Waals surface area contributed by atoms with E-state index in [2.05, 4.69) is 70.8 Å². The molecule has 0 heterocycles. The molecule has 0 aromatic heterocycles. The van der Waals surface area contributed by atoms with E-state index in [0.717, 1.165) is 44.1 Å². The Morgan fingerprint density at radius 2 is 1.79 bits per heavy atom. The van der Waals surface area contributed by atoms with Gasteiger partial charge in [-0.2, -0.15) is 0 Å². The number of allylic oxidation sites excluding steroid dienone is 7.